The Bertz CT molecular complexity index is 613. The zero-order valence-electron chi connectivity index (χ0n) is 11.0. The fourth-order valence-corrected chi connectivity index (χ4v) is 3.35. The Labute approximate surface area is 121 Å². The van der Waals surface area contributed by atoms with Crippen LogP contribution < -0.4 is 4.90 Å². The van der Waals surface area contributed by atoms with Crippen molar-refractivity contribution in [2.24, 2.45) is 0 Å². The monoisotopic (exact) mass is 290 g/mol. The van der Waals surface area contributed by atoms with Crippen LogP contribution in [0.4, 0.5) is 5.13 Å². The highest BCUT2D eigenvalue weighted by Gasteiger charge is 2.07. The van der Waals surface area contributed by atoms with Gasteiger partial charge >= 0.3 is 0 Å². The van der Waals surface area contributed by atoms with E-state index in [2.05, 4.69) is 16.3 Å². The van der Waals surface area contributed by atoms with E-state index >= 15 is 0 Å². The number of rotatable bonds is 4. The summed E-state index contributed by atoms with van der Waals surface area (Å²) < 4.78 is 0.965. The minimum absolute atomic E-state index is 0.706. The summed E-state index contributed by atoms with van der Waals surface area (Å²) in [6.45, 7) is 2.03. The molecule has 0 aliphatic rings. The number of benzene rings is 1. The van der Waals surface area contributed by atoms with Crippen LogP contribution in [0.25, 0.3) is 0 Å². The lowest BCUT2D eigenvalue weighted by atomic mass is 10.1. The maximum Gasteiger partial charge on any atom is 0.208 e. The summed E-state index contributed by atoms with van der Waals surface area (Å²) in [5.74, 6) is 0.847. The molecule has 0 saturated heterocycles. The minimum Gasteiger partial charge on any atom is -0.353 e. The second-order valence-corrected chi connectivity index (χ2v) is 6.47. The van der Waals surface area contributed by atoms with Crippen molar-refractivity contribution in [2.45, 2.75) is 17.0 Å². The number of hydrogen-bond acceptors (Lipinski definition) is 6. The Morgan fingerprint density at radius 1 is 1.37 bits per heavy atom. The molecule has 1 aromatic carbocycles. The van der Waals surface area contributed by atoms with Crippen LogP contribution in [0.2, 0.25) is 0 Å². The normalized spacial score (nSPS) is 10.2. The number of thioether (sulfide) groups is 1. The van der Waals surface area contributed by atoms with Gasteiger partial charge in [0.15, 0.2) is 4.34 Å². The van der Waals surface area contributed by atoms with Gasteiger partial charge in [-0.15, -0.1) is 10.2 Å². The van der Waals surface area contributed by atoms with Gasteiger partial charge in [-0.2, -0.15) is 5.26 Å². The van der Waals surface area contributed by atoms with Gasteiger partial charge < -0.3 is 4.90 Å². The van der Waals surface area contributed by atoms with Gasteiger partial charge in [-0.3, -0.25) is 0 Å². The van der Waals surface area contributed by atoms with Gasteiger partial charge in [-0.1, -0.05) is 29.2 Å². The zero-order valence-corrected chi connectivity index (χ0v) is 12.7. The average Bonchev–Trinajstić information content (AvgIpc) is 2.86. The number of hydrogen-bond donors (Lipinski definition) is 0. The number of nitriles is 1. The maximum atomic E-state index is 8.84. The van der Waals surface area contributed by atoms with Gasteiger partial charge in [0.2, 0.25) is 5.13 Å². The van der Waals surface area contributed by atoms with Gasteiger partial charge in [0.25, 0.3) is 0 Å². The van der Waals surface area contributed by atoms with Crippen molar-refractivity contribution in [2.75, 3.05) is 19.0 Å². The average molecular weight is 290 g/mol. The summed E-state index contributed by atoms with van der Waals surface area (Å²) in [7, 11) is 3.92. The molecular formula is C13H14N4S2. The SMILES string of the molecule is Cc1cc(C#N)ccc1CSc1nnc(N(C)C)s1. The molecular weight excluding hydrogens is 276 g/mol. The molecule has 0 amide bonds. The quantitative estimate of drug-likeness (QED) is 0.810. The molecule has 1 heterocycles. The van der Waals surface area contributed by atoms with Crippen LogP contribution in [0, 0.1) is 18.3 Å². The molecule has 0 aliphatic heterocycles. The zero-order chi connectivity index (χ0) is 13.8. The second-order valence-electron chi connectivity index (χ2n) is 4.29. The highest BCUT2D eigenvalue weighted by atomic mass is 32.2. The van der Waals surface area contributed by atoms with Gasteiger partial charge in [0, 0.05) is 19.8 Å². The van der Waals surface area contributed by atoms with Crippen molar-refractivity contribution in [1.29, 1.82) is 5.26 Å². The third kappa shape index (κ3) is 3.46. The van der Waals surface area contributed by atoms with Crippen molar-refractivity contribution in [3.63, 3.8) is 0 Å². The fourth-order valence-electron chi connectivity index (χ4n) is 1.51. The van der Waals surface area contributed by atoms with Crippen LogP contribution in [0.5, 0.6) is 0 Å². The number of aromatic nitrogens is 2. The molecule has 0 aliphatic carbocycles. The number of aryl methyl sites for hydroxylation is 1. The molecule has 19 heavy (non-hydrogen) atoms. The van der Waals surface area contributed by atoms with Crippen LogP contribution in [-0.2, 0) is 5.75 Å². The molecule has 4 nitrogen and oxygen atoms in total. The smallest absolute Gasteiger partial charge is 0.208 e. The maximum absolute atomic E-state index is 8.84. The summed E-state index contributed by atoms with van der Waals surface area (Å²) >= 11 is 3.26. The van der Waals surface area contributed by atoms with Crippen LogP contribution in [0.15, 0.2) is 22.5 Å². The summed E-state index contributed by atoms with van der Waals surface area (Å²) in [4.78, 5) is 1.95. The third-order valence-electron chi connectivity index (χ3n) is 2.60. The van der Waals surface area contributed by atoms with Crippen LogP contribution in [0.3, 0.4) is 0 Å². The molecule has 0 saturated carbocycles. The van der Waals surface area contributed by atoms with Crippen LogP contribution in [0.1, 0.15) is 16.7 Å². The van der Waals surface area contributed by atoms with E-state index in [0.717, 1.165) is 20.8 Å². The highest BCUT2D eigenvalue weighted by molar-refractivity contribution is 8.00. The molecule has 0 bridgehead atoms. The van der Waals surface area contributed by atoms with Gasteiger partial charge in [0.05, 0.1) is 11.6 Å². The first-order valence-electron chi connectivity index (χ1n) is 5.73. The predicted octanol–water partition coefficient (Wildman–Crippen LogP) is 3.08. The first kappa shape index (κ1) is 13.8. The van der Waals surface area contributed by atoms with Gasteiger partial charge in [-0.25, -0.2) is 0 Å². The van der Waals surface area contributed by atoms with Crippen molar-refractivity contribution >= 4 is 28.2 Å². The van der Waals surface area contributed by atoms with Crippen LogP contribution >= 0.6 is 23.1 Å². The molecule has 0 N–H and O–H groups in total. The molecule has 98 valence electrons. The second kappa shape index (κ2) is 6.04. The molecule has 0 spiro atoms. The Morgan fingerprint density at radius 3 is 2.74 bits per heavy atom. The van der Waals surface area contributed by atoms with Gasteiger partial charge in [0.1, 0.15) is 0 Å². The summed E-state index contributed by atoms with van der Waals surface area (Å²) in [5.41, 5.74) is 3.08. The standard InChI is InChI=1S/C13H14N4S2/c1-9-6-10(7-14)4-5-11(9)8-18-13-16-15-12(19-13)17(2)3/h4-6H,8H2,1-3H3. The van der Waals surface area contributed by atoms with E-state index in [1.54, 1.807) is 23.1 Å². The van der Waals surface area contributed by atoms with Crippen molar-refractivity contribution < 1.29 is 0 Å². The van der Waals surface area contributed by atoms with E-state index in [1.807, 2.05) is 44.1 Å². The van der Waals surface area contributed by atoms with E-state index < -0.39 is 0 Å². The summed E-state index contributed by atoms with van der Waals surface area (Å²) in [6.07, 6.45) is 0. The molecule has 1 aromatic heterocycles. The van der Waals surface area contributed by atoms with E-state index in [4.69, 9.17) is 5.26 Å². The minimum atomic E-state index is 0.706. The van der Waals surface area contributed by atoms with Crippen molar-refractivity contribution in [3.05, 3.63) is 34.9 Å². The molecule has 0 radical (unpaired) electrons. The van der Waals surface area contributed by atoms with E-state index in [-0.39, 0.29) is 0 Å². The topological polar surface area (TPSA) is 52.8 Å². The Hall–Kier alpha value is -1.58. The first-order valence-corrected chi connectivity index (χ1v) is 7.53. The molecule has 2 aromatic rings. The Morgan fingerprint density at radius 2 is 2.16 bits per heavy atom. The number of anilines is 1. The molecule has 6 heteroatoms. The Balaban J connectivity index is 2.04. The summed E-state index contributed by atoms with van der Waals surface area (Å²) in [6, 6.07) is 7.93. The van der Waals surface area contributed by atoms with E-state index in [0.29, 0.717) is 5.56 Å². The van der Waals surface area contributed by atoms with Crippen molar-refractivity contribution in [1.82, 2.24) is 10.2 Å². The number of nitrogens with zero attached hydrogens (tertiary/aromatic N) is 4. The first-order chi connectivity index (χ1) is 9.10. The predicted molar refractivity (Wildman–Crippen MR) is 79.7 cm³/mol. The van der Waals surface area contributed by atoms with E-state index in [9.17, 15) is 0 Å². The highest BCUT2D eigenvalue weighted by Crippen LogP contribution is 2.30. The lowest BCUT2D eigenvalue weighted by molar-refractivity contribution is 0.972. The van der Waals surface area contributed by atoms with Crippen molar-refractivity contribution in [3.8, 4) is 6.07 Å². The fraction of sp³-hybridized carbons (Fsp3) is 0.308. The Kier molecular flexibility index (Phi) is 4.40. The van der Waals surface area contributed by atoms with E-state index in [1.165, 1.54) is 5.56 Å². The molecule has 2 rings (SSSR count). The largest absolute Gasteiger partial charge is 0.353 e. The van der Waals surface area contributed by atoms with Gasteiger partial charge in [-0.05, 0) is 30.2 Å². The molecule has 0 unspecified atom stereocenters. The van der Waals surface area contributed by atoms with Crippen LogP contribution in [-0.4, -0.2) is 24.3 Å². The molecule has 0 fully saturated rings. The third-order valence-corrected chi connectivity index (χ3v) is 4.87. The lowest BCUT2D eigenvalue weighted by Crippen LogP contribution is -2.07. The summed E-state index contributed by atoms with van der Waals surface area (Å²) in [5, 5.41) is 18.0. The lowest BCUT2D eigenvalue weighted by Gasteiger charge is -2.05. The molecule has 0 atom stereocenters.